The lowest BCUT2D eigenvalue weighted by atomic mass is 10.1. The summed E-state index contributed by atoms with van der Waals surface area (Å²) in [6.07, 6.45) is -1.21. The number of amides is 2. The van der Waals surface area contributed by atoms with Crippen molar-refractivity contribution in [3.8, 4) is 0 Å². The first-order chi connectivity index (χ1) is 20.0. The number of halogens is 1. The van der Waals surface area contributed by atoms with E-state index in [0.29, 0.717) is 0 Å². The molecule has 5 N–H and O–H groups in total. The van der Waals surface area contributed by atoms with Crippen molar-refractivity contribution < 1.29 is 51.4 Å². The number of benzene rings is 1. The van der Waals surface area contributed by atoms with E-state index >= 15 is 0 Å². The van der Waals surface area contributed by atoms with Crippen LogP contribution in [0, 0.1) is 0 Å². The number of carbonyl (C=O) groups excluding carboxylic acids is 7. The molecule has 47 heavy (non-hydrogen) atoms. The first-order valence-electron chi connectivity index (χ1n) is 13.0. The Morgan fingerprint density at radius 2 is 1.26 bits per heavy atom. The molecule has 0 aliphatic rings. The molecule has 0 aliphatic heterocycles. The zero-order valence-corrected chi connectivity index (χ0v) is 28.7. The van der Waals surface area contributed by atoms with Crippen LogP contribution in [0.5, 0.6) is 0 Å². The number of carbonyl (C=O) groups is 7. The van der Waals surface area contributed by atoms with Gasteiger partial charge in [0.15, 0.2) is 16.0 Å². The second-order valence-electron chi connectivity index (χ2n) is 10.2. The molecule has 0 spiro atoms. The Morgan fingerprint density at radius 3 is 1.55 bits per heavy atom. The maximum Gasteiger partial charge on any atom is 0.408 e. The van der Waals surface area contributed by atoms with Crippen molar-refractivity contribution in [2.24, 2.45) is 5.73 Å². The van der Waals surface area contributed by atoms with Crippen molar-refractivity contribution in [3.63, 3.8) is 0 Å². The maximum atomic E-state index is 12.1. The van der Waals surface area contributed by atoms with E-state index in [1.165, 1.54) is 45.0 Å². The highest BCUT2D eigenvalue weighted by Gasteiger charge is 2.26. The molecule has 14 nitrogen and oxygen atoms in total. The van der Waals surface area contributed by atoms with Crippen LogP contribution in [0.4, 0.5) is 9.50 Å². The van der Waals surface area contributed by atoms with Crippen LogP contribution in [0.15, 0.2) is 35.2 Å². The molecule has 1 rings (SSSR count). The fraction of sp³-hybridized carbons (Fsp3) is 0.552. The number of nitrogens with one attached hydrogen (secondary N) is 3. The zero-order chi connectivity index (χ0) is 34.8. The normalized spacial score (nSPS) is 12.0. The standard InChI is InChI=1S/C16H22N2O6S.C6H11NO2S.C5H9NO2S.2CH4.FH/c1-11(19)13(17-15(21)24-16(2,3)4)10-14(20)18-25(22,23)12-8-6-5-7-9-12;1-4(8)5(7-2)3-6(9)10;1-3(7)4(6)2-5(8)9;;;/h5-9,13H,10H2,1-4H3,(H,17,21)(H,18,20);5,7H,3H2,1-2H3,(H,9,10);4H,2,6H2,1H3,(H,8,9);2*1H4;1H/t13-;5-;4-;;;/m000.../s1. The highest BCUT2D eigenvalue weighted by atomic mass is 32.2. The Hall–Kier alpha value is -3.19. The van der Waals surface area contributed by atoms with Gasteiger partial charge in [0.1, 0.15) is 17.2 Å². The van der Waals surface area contributed by atoms with Crippen molar-refractivity contribution in [2.75, 3.05) is 7.05 Å². The maximum absolute atomic E-state index is 12.1. The predicted octanol–water partition coefficient (Wildman–Crippen LogP) is 2.55. The number of nitrogens with two attached hydrogens (primary N) is 1. The summed E-state index contributed by atoms with van der Waals surface area (Å²) in [7, 11) is -2.40. The van der Waals surface area contributed by atoms with Gasteiger partial charge in [-0.2, -0.15) is 0 Å². The highest BCUT2D eigenvalue weighted by Crippen LogP contribution is 2.09. The Morgan fingerprint density at radius 1 is 0.809 bits per heavy atom. The molecule has 18 heteroatoms. The zero-order valence-electron chi connectivity index (χ0n) is 26.1. The van der Waals surface area contributed by atoms with E-state index in [1.807, 2.05) is 4.72 Å². The van der Waals surface area contributed by atoms with Crippen LogP contribution in [0.3, 0.4) is 0 Å². The number of alkyl carbamates (subject to hydrolysis) is 1. The lowest BCUT2D eigenvalue weighted by molar-refractivity contribution is -0.125. The van der Waals surface area contributed by atoms with Crippen LogP contribution in [-0.2, 0) is 43.5 Å². The van der Waals surface area contributed by atoms with Crippen molar-refractivity contribution >= 4 is 74.9 Å². The van der Waals surface area contributed by atoms with Gasteiger partial charge in [0, 0.05) is 12.8 Å². The van der Waals surface area contributed by atoms with Gasteiger partial charge in [-0.1, -0.05) is 33.1 Å². The molecular weight excluding hydrogens is 680 g/mol. The SMILES string of the molecule is C.C.CC(=O)[C@@H](N)CC(=O)S.CC(=O)[C@H](CC(=O)NS(=O)(=O)c1ccccc1)NC(=O)OC(C)(C)C.CN[C@@H](CC(=O)S)C(C)=O.F. The van der Waals surface area contributed by atoms with Gasteiger partial charge in [-0.15, -0.1) is 25.3 Å². The van der Waals surface area contributed by atoms with Crippen LogP contribution >= 0.6 is 25.3 Å². The van der Waals surface area contributed by atoms with Gasteiger partial charge in [-0.25, -0.2) is 17.9 Å². The second kappa shape index (κ2) is 25.8. The largest absolute Gasteiger partial charge is 0.444 e. The number of ether oxygens (including phenoxy) is 1. The minimum absolute atomic E-state index is 0. The number of ketones is 3. The van der Waals surface area contributed by atoms with E-state index in [4.69, 9.17) is 10.5 Å². The van der Waals surface area contributed by atoms with Crippen molar-refractivity contribution in [1.82, 2.24) is 15.4 Å². The van der Waals surface area contributed by atoms with Crippen LogP contribution in [0.1, 0.15) is 75.7 Å². The Bertz CT molecular complexity index is 1270. The average molecular weight is 731 g/mol. The molecule has 0 bridgehead atoms. The van der Waals surface area contributed by atoms with E-state index in [-0.39, 0.29) is 65.1 Å². The first-order valence-corrected chi connectivity index (χ1v) is 15.4. The second-order valence-corrected chi connectivity index (χ2v) is 12.9. The number of Topliss-reactive ketones (excluding diaryl/α,β-unsaturated/α-hetero) is 3. The highest BCUT2D eigenvalue weighted by molar-refractivity contribution is 7.96. The number of hydrogen-bond acceptors (Lipinski definition) is 12. The smallest absolute Gasteiger partial charge is 0.408 e. The first kappa shape index (κ1) is 53.3. The van der Waals surface area contributed by atoms with Crippen molar-refractivity contribution in [2.45, 2.75) is 104 Å². The van der Waals surface area contributed by atoms with Crippen LogP contribution in [0.25, 0.3) is 0 Å². The molecule has 1 aromatic rings. The third-order valence-corrected chi connectivity index (χ3v) is 6.76. The fourth-order valence-electron chi connectivity index (χ4n) is 2.74. The molecule has 0 radical (unpaired) electrons. The summed E-state index contributed by atoms with van der Waals surface area (Å²) in [6.45, 7) is 8.91. The fourth-order valence-corrected chi connectivity index (χ4v) is 4.13. The number of sulfonamides is 1. The molecule has 0 fully saturated rings. The summed E-state index contributed by atoms with van der Waals surface area (Å²) >= 11 is 7.02. The van der Waals surface area contributed by atoms with Crippen molar-refractivity contribution in [1.29, 1.82) is 0 Å². The average Bonchev–Trinajstić information content (AvgIpc) is 2.86. The lowest BCUT2D eigenvalue weighted by Crippen LogP contribution is -2.45. The molecule has 0 unspecified atom stereocenters. The number of hydrogen-bond donors (Lipinski definition) is 6. The van der Waals surface area contributed by atoms with E-state index in [9.17, 15) is 42.0 Å². The van der Waals surface area contributed by atoms with E-state index < -0.39 is 51.9 Å². The molecule has 1 aromatic carbocycles. The quantitative estimate of drug-likeness (QED) is 0.161. The molecule has 0 saturated carbocycles. The summed E-state index contributed by atoms with van der Waals surface area (Å²) in [6, 6.07) is 5.09. The summed E-state index contributed by atoms with van der Waals surface area (Å²) in [5.74, 6) is -1.64. The molecular formula is C29H51FN4O10S3. The molecule has 0 heterocycles. The predicted molar refractivity (Wildman–Crippen MR) is 186 cm³/mol. The van der Waals surface area contributed by atoms with E-state index in [1.54, 1.807) is 33.9 Å². The molecule has 2 amide bonds. The van der Waals surface area contributed by atoms with Gasteiger partial charge in [-0.05, 0) is 60.7 Å². The van der Waals surface area contributed by atoms with Crippen molar-refractivity contribution in [3.05, 3.63) is 30.3 Å². The number of rotatable bonds is 13. The molecule has 0 saturated heterocycles. The van der Waals surface area contributed by atoms with E-state index in [2.05, 4.69) is 35.9 Å². The van der Waals surface area contributed by atoms with Gasteiger partial charge >= 0.3 is 6.09 Å². The van der Waals surface area contributed by atoms with E-state index in [0.717, 1.165) is 0 Å². The molecule has 0 aromatic heterocycles. The monoisotopic (exact) mass is 730 g/mol. The molecule has 0 aliphatic carbocycles. The Balaban J connectivity index is -0.000000223. The third-order valence-electron chi connectivity index (χ3n) is 5.01. The third kappa shape index (κ3) is 27.6. The Labute approximate surface area is 288 Å². The summed E-state index contributed by atoms with van der Waals surface area (Å²) in [4.78, 5) is 76.9. The van der Waals surface area contributed by atoms with Gasteiger partial charge in [0.25, 0.3) is 10.0 Å². The Kier molecular flexibility index (Phi) is 29.3. The topological polar surface area (TPSA) is 225 Å². The summed E-state index contributed by atoms with van der Waals surface area (Å²) < 4.78 is 31.0. The minimum atomic E-state index is -4.04. The van der Waals surface area contributed by atoms with Crippen LogP contribution in [-0.4, -0.2) is 78.8 Å². The van der Waals surface area contributed by atoms with Crippen LogP contribution in [0.2, 0.25) is 0 Å². The summed E-state index contributed by atoms with van der Waals surface area (Å²) in [5.41, 5.74) is 4.42. The van der Waals surface area contributed by atoms with Gasteiger partial charge in [-0.3, -0.25) is 33.5 Å². The number of likely N-dealkylation sites (N-methyl/N-ethyl adjacent to an activating group) is 1. The molecule has 272 valence electrons. The van der Waals surface area contributed by atoms with Gasteiger partial charge < -0.3 is 21.1 Å². The lowest BCUT2D eigenvalue weighted by Gasteiger charge is -2.22. The van der Waals surface area contributed by atoms with Gasteiger partial charge in [0.05, 0.1) is 29.4 Å². The minimum Gasteiger partial charge on any atom is -0.444 e. The molecule has 3 atom stereocenters. The number of thiol groups is 2. The van der Waals surface area contributed by atoms with Crippen LogP contribution < -0.4 is 21.1 Å². The van der Waals surface area contributed by atoms with Gasteiger partial charge in [0.2, 0.25) is 5.91 Å². The summed E-state index contributed by atoms with van der Waals surface area (Å²) in [5, 5.41) is 4.36.